The average Bonchev–Trinajstić information content (AvgIpc) is 2.78. The molecule has 7 heteroatoms. The van der Waals surface area contributed by atoms with Crippen LogP contribution in [-0.4, -0.2) is 48.4 Å². The minimum Gasteiger partial charge on any atom is -0.367 e. The fourth-order valence-electron chi connectivity index (χ4n) is 3.66. The summed E-state index contributed by atoms with van der Waals surface area (Å²) in [6, 6.07) is 11.1. The van der Waals surface area contributed by atoms with Crippen molar-refractivity contribution >= 4 is 17.5 Å². The molecule has 1 fully saturated rings. The lowest BCUT2D eigenvalue weighted by atomic mass is 10.1. The average molecular weight is 451 g/mol. The first-order chi connectivity index (χ1) is 14.9. The molecule has 0 saturated carbocycles. The Kier molecular flexibility index (Phi) is 8.41. The number of ether oxygens (including phenoxy) is 1. The summed E-state index contributed by atoms with van der Waals surface area (Å²) in [5.74, 6) is -1.01. The largest absolute Gasteiger partial charge is 0.367 e. The maximum atomic E-state index is 14.0. The van der Waals surface area contributed by atoms with Gasteiger partial charge < -0.3 is 9.64 Å². The minimum atomic E-state index is -0.618. The number of carbonyl (C=O) groups excluding carboxylic acids is 1. The quantitative estimate of drug-likeness (QED) is 0.563. The van der Waals surface area contributed by atoms with Crippen LogP contribution in [0.15, 0.2) is 42.5 Å². The number of amides is 1. The second-order valence-electron chi connectivity index (χ2n) is 7.99. The standard InChI is InChI=1S/C24H29ClF2N2O2/c1-3-17(2)24(30)29-13-11-28(12-14-29)15-23(18-7-9-19(25)10-8-18)31-16-20-21(26)5-4-6-22(20)27/h4-10,17,23H,3,11-16H2,1-2H3/t17-,23-/m0/s1. The highest BCUT2D eigenvalue weighted by molar-refractivity contribution is 6.30. The number of piperazine rings is 1. The lowest BCUT2D eigenvalue weighted by Gasteiger charge is -2.37. The summed E-state index contributed by atoms with van der Waals surface area (Å²) in [4.78, 5) is 16.6. The van der Waals surface area contributed by atoms with Crippen molar-refractivity contribution in [3.05, 3.63) is 70.2 Å². The predicted molar refractivity (Wildman–Crippen MR) is 118 cm³/mol. The number of halogens is 3. The normalized spacial score (nSPS) is 16.9. The zero-order valence-electron chi connectivity index (χ0n) is 18.0. The van der Waals surface area contributed by atoms with Crippen LogP contribution in [0, 0.1) is 17.6 Å². The van der Waals surface area contributed by atoms with Crippen molar-refractivity contribution in [1.29, 1.82) is 0 Å². The molecule has 168 valence electrons. The fourth-order valence-corrected chi connectivity index (χ4v) is 3.78. The van der Waals surface area contributed by atoms with E-state index in [9.17, 15) is 13.6 Å². The molecule has 3 rings (SSSR count). The molecule has 0 aromatic heterocycles. The fraction of sp³-hybridized carbons (Fsp3) is 0.458. The van der Waals surface area contributed by atoms with Crippen LogP contribution in [0.25, 0.3) is 0 Å². The third-order valence-corrected chi connectivity index (χ3v) is 6.13. The Hall–Kier alpha value is -2.02. The maximum Gasteiger partial charge on any atom is 0.225 e. The Morgan fingerprint density at radius 1 is 1.06 bits per heavy atom. The van der Waals surface area contributed by atoms with Crippen LogP contribution in [0.3, 0.4) is 0 Å². The van der Waals surface area contributed by atoms with E-state index in [4.69, 9.17) is 16.3 Å². The SMILES string of the molecule is CC[C@H](C)C(=O)N1CCN(C[C@H](OCc2c(F)cccc2F)c2ccc(Cl)cc2)CC1. The minimum absolute atomic E-state index is 0.0346. The summed E-state index contributed by atoms with van der Waals surface area (Å²) in [7, 11) is 0. The number of rotatable bonds is 8. The zero-order chi connectivity index (χ0) is 22.4. The summed E-state index contributed by atoms with van der Waals surface area (Å²) in [5, 5.41) is 0.611. The van der Waals surface area contributed by atoms with Crippen molar-refractivity contribution in [2.45, 2.75) is 33.0 Å². The summed E-state index contributed by atoms with van der Waals surface area (Å²) < 4.78 is 34.1. The van der Waals surface area contributed by atoms with E-state index in [2.05, 4.69) is 4.90 Å². The molecule has 1 heterocycles. The summed E-state index contributed by atoms with van der Waals surface area (Å²) >= 11 is 6.02. The van der Waals surface area contributed by atoms with Gasteiger partial charge in [-0.05, 0) is 36.2 Å². The lowest BCUT2D eigenvalue weighted by Crippen LogP contribution is -2.50. The van der Waals surface area contributed by atoms with Gasteiger partial charge in [0, 0.05) is 49.2 Å². The van der Waals surface area contributed by atoms with E-state index in [1.807, 2.05) is 30.9 Å². The van der Waals surface area contributed by atoms with Crippen LogP contribution in [0.5, 0.6) is 0 Å². The smallest absolute Gasteiger partial charge is 0.225 e. The van der Waals surface area contributed by atoms with Crippen LogP contribution < -0.4 is 0 Å². The zero-order valence-corrected chi connectivity index (χ0v) is 18.7. The van der Waals surface area contributed by atoms with Crippen molar-refractivity contribution in [1.82, 2.24) is 9.80 Å². The maximum absolute atomic E-state index is 14.0. The van der Waals surface area contributed by atoms with Crippen molar-refractivity contribution < 1.29 is 18.3 Å². The van der Waals surface area contributed by atoms with Crippen LogP contribution in [0.4, 0.5) is 8.78 Å². The molecule has 2 aromatic rings. The third kappa shape index (κ3) is 6.25. The van der Waals surface area contributed by atoms with Gasteiger partial charge in [0.25, 0.3) is 0 Å². The lowest BCUT2D eigenvalue weighted by molar-refractivity contribution is -0.137. The molecule has 1 aliphatic rings. The molecule has 2 aromatic carbocycles. The van der Waals surface area contributed by atoms with E-state index in [1.54, 1.807) is 12.1 Å². The Morgan fingerprint density at radius 3 is 2.26 bits per heavy atom. The Labute approximate surface area is 187 Å². The molecule has 0 bridgehead atoms. The van der Waals surface area contributed by atoms with Gasteiger partial charge in [-0.25, -0.2) is 8.78 Å². The summed E-state index contributed by atoms with van der Waals surface area (Å²) in [6.45, 7) is 7.15. The third-order valence-electron chi connectivity index (χ3n) is 5.87. The molecular formula is C24H29ClF2N2O2. The van der Waals surface area contributed by atoms with Gasteiger partial charge in [0.1, 0.15) is 11.6 Å². The van der Waals surface area contributed by atoms with E-state index in [-0.39, 0.29) is 30.1 Å². The molecule has 0 aliphatic carbocycles. The predicted octanol–water partition coefficient (Wildman–Crippen LogP) is 5.07. The highest BCUT2D eigenvalue weighted by atomic mass is 35.5. The molecule has 2 atom stereocenters. The molecule has 4 nitrogen and oxygen atoms in total. The van der Waals surface area contributed by atoms with E-state index < -0.39 is 11.6 Å². The highest BCUT2D eigenvalue weighted by Crippen LogP contribution is 2.25. The van der Waals surface area contributed by atoms with Gasteiger partial charge in [-0.3, -0.25) is 9.69 Å². The summed E-state index contributed by atoms with van der Waals surface area (Å²) in [5.41, 5.74) is 0.810. The van der Waals surface area contributed by atoms with Crippen LogP contribution >= 0.6 is 11.6 Å². The van der Waals surface area contributed by atoms with Crippen LogP contribution in [0.2, 0.25) is 5.02 Å². The monoisotopic (exact) mass is 450 g/mol. The Bertz CT molecular complexity index is 850. The van der Waals surface area contributed by atoms with Gasteiger partial charge in [-0.1, -0.05) is 43.6 Å². The number of hydrogen-bond acceptors (Lipinski definition) is 3. The Morgan fingerprint density at radius 2 is 1.68 bits per heavy atom. The van der Waals surface area contributed by atoms with Gasteiger partial charge in [-0.2, -0.15) is 0 Å². The molecule has 0 radical (unpaired) electrons. The first kappa shape index (κ1) is 23.6. The van der Waals surface area contributed by atoms with Crippen molar-refractivity contribution in [2.75, 3.05) is 32.7 Å². The van der Waals surface area contributed by atoms with E-state index in [1.165, 1.54) is 18.2 Å². The van der Waals surface area contributed by atoms with Crippen LogP contribution in [0.1, 0.15) is 37.5 Å². The van der Waals surface area contributed by atoms with Gasteiger partial charge in [-0.15, -0.1) is 0 Å². The molecule has 1 aliphatic heterocycles. The van der Waals surface area contributed by atoms with Gasteiger partial charge >= 0.3 is 0 Å². The van der Waals surface area contributed by atoms with Gasteiger partial charge in [0.2, 0.25) is 5.91 Å². The van der Waals surface area contributed by atoms with Crippen molar-refractivity contribution in [2.24, 2.45) is 5.92 Å². The van der Waals surface area contributed by atoms with Crippen molar-refractivity contribution in [3.63, 3.8) is 0 Å². The molecule has 31 heavy (non-hydrogen) atoms. The van der Waals surface area contributed by atoms with E-state index >= 15 is 0 Å². The number of nitrogens with zero attached hydrogens (tertiary/aromatic N) is 2. The number of benzene rings is 2. The first-order valence-electron chi connectivity index (χ1n) is 10.7. The second-order valence-corrected chi connectivity index (χ2v) is 8.42. The molecule has 0 unspecified atom stereocenters. The van der Waals surface area contributed by atoms with Gasteiger partial charge in [0.15, 0.2) is 0 Å². The summed E-state index contributed by atoms with van der Waals surface area (Å²) in [6.07, 6.45) is 0.450. The molecule has 1 saturated heterocycles. The highest BCUT2D eigenvalue weighted by Gasteiger charge is 2.26. The molecule has 0 N–H and O–H groups in total. The number of carbonyl (C=O) groups is 1. The van der Waals surface area contributed by atoms with E-state index in [0.29, 0.717) is 24.7 Å². The Balaban J connectivity index is 1.66. The first-order valence-corrected chi connectivity index (χ1v) is 11.1. The molecule has 0 spiro atoms. The van der Waals surface area contributed by atoms with E-state index in [0.717, 1.165) is 25.1 Å². The van der Waals surface area contributed by atoms with Crippen LogP contribution in [-0.2, 0) is 16.1 Å². The topological polar surface area (TPSA) is 32.8 Å². The van der Waals surface area contributed by atoms with Gasteiger partial charge in [0.05, 0.1) is 12.7 Å². The number of hydrogen-bond donors (Lipinski definition) is 0. The van der Waals surface area contributed by atoms with Crippen molar-refractivity contribution in [3.8, 4) is 0 Å². The molecule has 1 amide bonds. The molecular weight excluding hydrogens is 422 g/mol. The second kappa shape index (κ2) is 11.0.